The van der Waals surface area contributed by atoms with Crippen molar-refractivity contribution in [1.82, 2.24) is 5.32 Å². The zero-order valence-electron chi connectivity index (χ0n) is 14.8. The number of benzene rings is 1. The van der Waals surface area contributed by atoms with Crippen molar-refractivity contribution in [1.29, 1.82) is 0 Å². The topological polar surface area (TPSA) is 76.7 Å². The normalized spacial score (nSPS) is 15.1. The summed E-state index contributed by atoms with van der Waals surface area (Å²) in [7, 11) is 0. The smallest absolute Gasteiger partial charge is 0.261 e. The Morgan fingerprint density at radius 3 is 2.96 bits per heavy atom. The molecule has 0 radical (unpaired) electrons. The number of carbonyl (C=O) groups is 2. The van der Waals surface area contributed by atoms with Crippen LogP contribution in [0.1, 0.15) is 35.5 Å². The minimum Gasteiger partial charge on any atom is -0.492 e. The summed E-state index contributed by atoms with van der Waals surface area (Å²) in [5.74, 6) is 1.06. The van der Waals surface area contributed by atoms with Crippen LogP contribution in [0.3, 0.4) is 0 Å². The molecular weight excluding hydrogens is 352 g/mol. The van der Waals surface area contributed by atoms with E-state index in [1.54, 1.807) is 6.07 Å². The molecule has 1 aromatic heterocycles. The largest absolute Gasteiger partial charge is 0.492 e. The number of ether oxygens (including phenoxy) is 2. The third-order valence-corrected chi connectivity index (χ3v) is 4.82. The molecule has 0 bridgehead atoms. The summed E-state index contributed by atoms with van der Waals surface area (Å²) in [5.41, 5.74) is 1.68. The van der Waals surface area contributed by atoms with Gasteiger partial charge in [-0.15, -0.1) is 11.3 Å². The Hall–Kier alpha value is -2.54. The Morgan fingerprint density at radius 2 is 2.23 bits per heavy atom. The molecule has 1 aliphatic rings. The Balaban J connectivity index is 1.58. The number of hydrogen-bond donors (Lipinski definition) is 2. The second-order valence-corrected chi connectivity index (χ2v) is 7.00. The minimum atomic E-state index is -0.191. The summed E-state index contributed by atoms with van der Waals surface area (Å²) < 4.78 is 11.4. The fourth-order valence-electron chi connectivity index (χ4n) is 2.81. The molecule has 2 amide bonds. The second-order valence-electron chi connectivity index (χ2n) is 6.05. The van der Waals surface area contributed by atoms with Crippen molar-refractivity contribution in [2.24, 2.45) is 0 Å². The number of amides is 2. The zero-order chi connectivity index (χ0) is 18.5. The van der Waals surface area contributed by atoms with Crippen LogP contribution in [0.25, 0.3) is 0 Å². The quantitative estimate of drug-likeness (QED) is 0.780. The molecule has 2 heterocycles. The van der Waals surface area contributed by atoms with Crippen molar-refractivity contribution in [2.45, 2.75) is 32.8 Å². The lowest BCUT2D eigenvalue weighted by molar-refractivity contribution is -0.116. The van der Waals surface area contributed by atoms with Crippen molar-refractivity contribution in [2.75, 3.05) is 18.5 Å². The van der Waals surface area contributed by atoms with Crippen LogP contribution in [0.5, 0.6) is 11.5 Å². The van der Waals surface area contributed by atoms with Gasteiger partial charge in [0.25, 0.3) is 5.91 Å². The standard InChI is InChI=1S/C19H22N2O4S/c1-3-24-16-10-13-9-12(2)25-15(13)11-14(16)21-18(22)6-7-20-19(23)17-5-4-8-26-17/h4-5,8,10-12H,3,6-7,9H2,1-2H3,(H,20,23)(H,21,22)/t12-/m0/s1. The molecule has 0 spiro atoms. The predicted octanol–water partition coefficient (Wildman–Crippen LogP) is 3.23. The molecule has 3 rings (SSSR count). The van der Waals surface area contributed by atoms with Gasteiger partial charge in [-0.3, -0.25) is 9.59 Å². The summed E-state index contributed by atoms with van der Waals surface area (Å²) >= 11 is 1.37. The molecular formula is C19H22N2O4S. The Kier molecular flexibility index (Phi) is 5.78. The van der Waals surface area contributed by atoms with Crippen molar-refractivity contribution in [3.05, 3.63) is 40.1 Å². The summed E-state index contributed by atoms with van der Waals surface area (Å²) in [5, 5.41) is 7.44. The first-order valence-electron chi connectivity index (χ1n) is 8.64. The molecule has 1 aliphatic heterocycles. The Labute approximate surface area is 156 Å². The van der Waals surface area contributed by atoms with Crippen LogP contribution in [0.4, 0.5) is 5.69 Å². The van der Waals surface area contributed by atoms with Gasteiger partial charge in [0.1, 0.15) is 17.6 Å². The van der Waals surface area contributed by atoms with E-state index in [-0.39, 0.29) is 30.9 Å². The van der Waals surface area contributed by atoms with Crippen LogP contribution in [-0.2, 0) is 11.2 Å². The molecule has 1 atom stereocenters. The SMILES string of the molecule is CCOc1cc2c(cc1NC(=O)CCNC(=O)c1cccs1)O[C@@H](C)C2. The van der Waals surface area contributed by atoms with E-state index in [2.05, 4.69) is 10.6 Å². The van der Waals surface area contributed by atoms with Gasteiger partial charge in [-0.1, -0.05) is 6.07 Å². The average Bonchev–Trinajstić information content (AvgIpc) is 3.24. The van der Waals surface area contributed by atoms with E-state index in [4.69, 9.17) is 9.47 Å². The van der Waals surface area contributed by atoms with Gasteiger partial charge >= 0.3 is 0 Å². The maximum Gasteiger partial charge on any atom is 0.261 e. The van der Waals surface area contributed by atoms with Crippen molar-refractivity contribution in [3.8, 4) is 11.5 Å². The van der Waals surface area contributed by atoms with Crippen LogP contribution >= 0.6 is 11.3 Å². The Morgan fingerprint density at radius 1 is 1.38 bits per heavy atom. The van der Waals surface area contributed by atoms with Gasteiger partial charge in [0.15, 0.2) is 0 Å². The van der Waals surface area contributed by atoms with Gasteiger partial charge in [-0.05, 0) is 31.4 Å². The van der Waals surface area contributed by atoms with Gasteiger partial charge in [-0.25, -0.2) is 0 Å². The summed E-state index contributed by atoms with van der Waals surface area (Å²) in [6, 6.07) is 7.31. The molecule has 7 heteroatoms. The van der Waals surface area contributed by atoms with E-state index in [1.807, 2.05) is 37.4 Å². The van der Waals surface area contributed by atoms with Crippen molar-refractivity contribution < 1.29 is 19.1 Å². The number of hydrogen-bond acceptors (Lipinski definition) is 5. The molecule has 0 saturated heterocycles. The maximum absolute atomic E-state index is 12.2. The lowest BCUT2D eigenvalue weighted by Crippen LogP contribution is -2.27. The summed E-state index contributed by atoms with van der Waals surface area (Å²) in [6.07, 6.45) is 1.13. The third kappa shape index (κ3) is 4.35. The van der Waals surface area contributed by atoms with Crippen LogP contribution in [0.15, 0.2) is 29.6 Å². The molecule has 0 unspecified atom stereocenters. The summed E-state index contributed by atoms with van der Waals surface area (Å²) in [6.45, 7) is 4.69. The number of anilines is 1. The highest BCUT2D eigenvalue weighted by molar-refractivity contribution is 7.12. The maximum atomic E-state index is 12.2. The number of thiophene rings is 1. The molecule has 26 heavy (non-hydrogen) atoms. The van der Waals surface area contributed by atoms with Crippen molar-refractivity contribution in [3.63, 3.8) is 0 Å². The highest BCUT2D eigenvalue weighted by atomic mass is 32.1. The first-order valence-corrected chi connectivity index (χ1v) is 9.52. The number of carbonyl (C=O) groups excluding carboxylic acids is 2. The number of nitrogens with one attached hydrogen (secondary N) is 2. The molecule has 0 aliphatic carbocycles. The average molecular weight is 374 g/mol. The lowest BCUT2D eigenvalue weighted by Gasteiger charge is -2.13. The number of rotatable bonds is 7. The van der Waals surface area contributed by atoms with Gasteiger partial charge in [-0.2, -0.15) is 0 Å². The molecule has 0 fully saturated rings. The van der Waals surface area contributed by atoms with E-state index in [1.165, 1.54) is 11.3 Å². The molecule has 2 aromatic rings. The van der Waals surface area contributed by atoms with Gasteiger partial charge in [0.2, 0.25) is 5.91 Å². The van der Waals surface area contributed by atoms with Crippen LogP contribution < -0.4 is 20.1 Å². The predicted molar refractivity (Wildman–Crippen MR) is 101 cm³/mol. The third-order valence-electron chi connectivity index (χ3n) is 3.95. The van der Waals surface area contributed by atoms with E-state index in [0.29, 0.717) is 22.9 Å². The molecule has 1 aromatic carbocycles. The first-order chi connectivity index (χ1) is 12.6. The first kappa shape index (κ1) is 18.3. The highest BCUT2D eigenvalue weighted by Gasteiger charge is 2.22. The fourth-order valence-corrected chi connectivity index (χ4v) is 3.45. The van der Waals surface area contributed by atoms with Crippen LogP contribution in [0.2, 0.25) is 0 Å². The lowest BCUT2D eigenvalue weighted by atomic mass is 10.1. The molecule has 0 saturated carbocycles. The van der Waals surface area contributed by atoms with E-state index in [9.17, 15) is 9.59 Å². The summed E-state index contributed by atoms with van der Waals surface area (Å²) in [4.78, 5) is 24.8. The van der Waals surface area contributed by atoms with E-state index < -0.39 is 0 Å². The van der Waals surface area contributed by atoms with E-state index in [0.717, 1.165) is 17.7 Å². The fraction of sp³-hybridized carbons (Fsp3) is 0.368. The van der Waals surface area contributed by atoms with Crippen LogP contribution in [0, 0.1) is 0 Å². The van der Waals surface area contributed by atoms with Crippen LogP contribution in [-0.4, -0.2) is 31.1 Å². The highest BCUT2D eigenvalue weighted by Crippen LogP contribution is 2.38. The molecule has 2 N–H and O–H groups in total. The van der Waals surface area contributed by atoms with Gasteiger partial charge < -0.3 is 20.1 Å². The molecule has 138 valence electrons. The van der Waals surface area contributed by atoms with Gasteiger partial charge in [0.05, 0.1) is 17.2 Å². The van der Waals surface area contributed by atoms with Gasteiger partial charge in [0, 0.05) is 31.0 Å². The minimum absolute atomic E-state index is 0.123. The monoisotopic (exact) mass is 374 g/mol. The molecule has 6 nitrogen and oxygen atoms in total. The zero-order valence-corrected chi connectivity index (χ0v) is 15.7. The Bertz CT molecular complexity index is 789. The number of fused-ring (bicyclic) bond motifs is 1. The van der Waals surface area contributed by atoms with E-state index >= 15 is 0 Å². The second kappa shape index (κ2) is 8.23. The van der Waals surface area contributed by atoms with Crippen molar-refractivity contribution >= 4 is 28.8 Å².